The second-order valence-corrected chi connectivity index (χ2v) is 3.54. The van der Waals surface area contributed by atoms with Gasteiger partial charge >= 0.3 is 0 Å². The molecule has 0 aliphatic heterocycles. The van der Waals surface area contributed by atoms with Crippen molar-refractivity contribution in [2.75, 3.05) is 13.2 Å². The molecule has 0 fully saturated rings. The molecule has 0 aliphatic carbocycles. The highest BCUT2D eigenvalue weighted by atomic mass is 35.5. The Morgan fingerprint density at radius 2 is 2.08 bits per heavy atom. The van der Waals surface area contributed by atoms with E-state index in [1.807, 2.05) is 6.07 Å². The molecule has 4 heteroatoms. The molecule has 0 heterocycles. The highest BCUT2D eigenvalue weighted by Gasteiger charge is 2.13. The van der Waals surface area contributed by atoms with Crippen molar-refractivity contribution in [2.24, 2.45) is 5.73 Å². The van der Waals surface area contributed by atoms with Gasteiger partial charge in [-0.1, -0.05) is 35.3 Å². The smallest absolute Gasteiger partial charge is 0.0628 e. The van der Waals surface area contributed by atoms with Crippen LogP contribution in [0.3, 0.4) is 0 Å². The van der Waals surface area contributed by atoms with E-state index in [0.717, 1.165) is 5.56 Å². The Labute approximate surface area is 87.3 Å². The number of aliphatic hydroxyl groups is 1. The minimum Gasteiger partial charge on any atom is -0.396 e. The largest absolute Gasteiger partial charge is 0.396 e. The van der Waals surface area contributed by atoms with Crippen molar-refractivity contribution in [3.63, 3.8) is 0 Å². The molecule has 0 saturated carbocycles. The zero-order valence-electron chi connectivity index (χ0n) is 7.00. The summed E-state index contributed by atoms with van der Waals surface area (Å²) in [5.74, 6) is -0.133. The molecule has 72 valence electrons. The van der Waals surface area contributed by atoms with E-state index in [0.29, 0.717) is 16.6 Å². The molecule has 1 aromatic rings. The van der Waals surface area contributed by atoms with Gasteiger partial charge in [-0.15, -0.1) is 0 Å². The summed E-state index contributed by atoms with van der Waals surface area (Å²) in [6, 6.07) is 5.32. The van der Waals surface area contributed by atoms with E-state index in [2.05, 4.69) is 0 Å². The monoisotopic (exact) mass is 219 g/mol. The highest BCUT2D eigenvalue weighted by molar-refractivity contribution is 6.42. The zero-order chi connectivity index (χ0) is 9.84. The fourth-order valence-corrected chi connectivity index (χ4v) is 1.60. The van der Waals surface area contributed by atoms with Crippen molar-refractivity contribution >= 4 is 23.2 Å². The van der Waals surface area contributed by atoms with Gasteiger partial charge in [-0.2, -0.15) is 0 Å². The molecule has 3 N–H and O–H groups in total. The summed E-state index contributed by atoms with van der Waals surface area (Å²) >= 11 is 11.8. The van der Waals surface area contributed by atoms with E-state index >= 15 is 0 Å². The minimum atomic E-state index is -0.133. The van der Waals surface area contributed by atoms with Crippen molar-refractivity contribution in [3.8, 4) is 0 Å². The van der Waals surface area contributed by atoms with Crippen LogP contribution < -0.4 is 5.73 Å². The highest BCUT2D eigenvalue weighted by Crippen LogP contribution is 2.30. The number of aliphatic hydroxyl groups excluding tert-OH is 1. The van der Waals surface area contributed by atoms with Crippen molar-refractivity contribution in [2.45, 2.75) is 5.92 Å². The van der Waals surface area contributed by atoms with Crippen molar-refractivity contribution in [1.29, 1.82) is 0 Å². The third kappa shape index (κ3) is 2.35. The lowest BCUT2D eigenvalue weighted by atomic mass is 10.0. The van der Waals surface area contributed by atoms with Gasteiger partial charge in [-0.3, -0.25) is 0 Å². The van der Waals surface area contributed by atoms with Crippen LogP contribution in [0.2, 0.25) is 10.0 Å². The fraction of sp³-hybridized carbons (Fsp3) is 0.333. The number of hydrogen-bond donors (Lipinski definition) is 2. The Morgan fingerprint density at radius 1 is 1.38 bits per heavy atom. The summed E-state index contributed by atoms with van der Waals surface area (Å²) in [6.45, 7) is 0.340. The maximum Gasteiger partial charge on any atom is 0.0628 e. The molecule has 13 heavy (non-hydrogen) atoms. The molecule has 1 aromatic carbocycles. The van der Waals surface area contributed by atoms with Gasteiger partial charge in [-0.05, 0) is 11.6 Å². The van der Waals surface area contributed by atoms with E-state index in [4.69, 9.17) is 34.0 Å². The summed E-state index contributed by atoms with van der Waals surface area (Å²) in [6.07, 6.45) is 0. The van der Waals surface area contributed by atoms with E-state index in [1.165, 1.54) is 0 Å². The Bertz CT molecular complexity index is 287. The summed E-state index contributed by atoms with van der Waals surface area (Å²) < 4.78 is 0. The van der Waals surface area contributed by atoms with Crippen LogP contribution in [0.1, 0.15) is 11.5 Å². The number of halogens is 2. The standard InChI is InChI=1S/C9H11Cl2NO/c10-8-3-1-2-7(9(8)11)6(4-12)5-13/h1-3,6,13H,4-5,12H2. The van der Waals surface area contributed by atoms with Gasteiger partial charge in [0.15, 0.2) is 0 Å². The van der Waals surface area contributed by atoms with Gasteiger partial charge < -0.3 is 10.8 Å². The van der Waals surface area contributed by atoms with Crippen LogP contribution in [0.25, 0.3) is 0 Å². The first-order valence-electron chi connectivity index (χ1n) is 3.95. The topological polar surface area (TPSA) is 46.2 Å². The Morgan fingerprint density at radius 3 is 2.62 bits per heavy atom. The third-order valence-corrected chi connectivity index (χ3v) is 2.76. The maximum atomic E-state index is 9.01. The zero-order valence-corrected chi connectivity index (χ0v) is 8.52. The van der Waals surface area contributed by atoms with Crippen molar-refractivity contribution < 1.29 is 5.11 Å². The van der Waals surface area contributed by atoms with Crippen LogP contribution in [-0.2, 0) is 0 Å². The Balaban J connectivity index is 3.05. The summed E-state index contributed by atoms with van der Waals surface area (Å²) in [7, 11) is 0. The van der Waals surface area contributed by atoms with Gasteiger partial charge in [0.1, 0.15) is 0 Å². The van der Waals surface area contributed by atoms with E-state index < -0.39 is 0 Å². The maximum absolute atomic E-state index is 9.01. The lowest BCUT2D eigenvalue weighted by Gasteiger charge is -2.13. The molecule has 0 aromatic heterocycles. The second-order valence-electron chi connectivity index (χ2n) is 2.76. The molecule has 0 radical (unpaired) electrons. The Hall–Kier alpha value is -0.280. The average Bonchev–Trinajstić information content (AvgIpc) is 2.14. The predicted molar refractivity (Wildman–Crippen MR) is 55.3 cm³/mol. The third-order valence-electron chi connectivity index (χ3n) is 1.93. The number of hydrogen-bond acceptors (Lipinski definition) is 2. The van der Waals surface area contributed by atoms with Crippen molar-refractivity contribution in [1.82, 2.24) is 0 Å². The normalized spacial score (nSPS) is 12.9. The molecule has 0 bridgehead atoms. The first kappa shape index (κ1) is 10.8. The molecule has 0 amide bonds. The molecule has 0 saturated heterocycles. The van der Waals surface area contributed by atoms with E-state index in [9.17, 15) is 0 Å². The van der Waals surface area contributed by atoms with Crippen LogP contribution in [0.5, 0.6) is 0 Å². The SMILES string of the molecule is NCC(CO)c1cccc(Cl)c1Cl. The Kier molecular flexibility index (Phi) is 4.00. The van der Waals surface area contributed by atoms with Gasteiger partial charge in [0, 0.05) is 12.5 Å². The summed E-state index contributed by atoms with van der Waals surface area (Å²) in [5, 5.41) is 9.99. The number of rotatable bonds is 3. The minimum absolute atomic E-state index is 0.0173. The predicted octanol–water partition coefficient (Wildman–Crippen LogP) is 2.03. The average molecular weight is 220 g/mol. The van der Waals surface area contributed by atoms with Crippen LogP contribution in [0.15, 0.2) is 18.2 Å². The van der Waals surface area contributed by atoms with Gasteiger partial charge in [-0.25, -0.2) is 0 Å². The molecular formula is C9H11Cl2NO. The number of benzene rings is 1. The first-order chi connectivity index (χ1) is 6.20. The number of nitrogens with two attached hydrogens (primary N) is 1. The lowest BCUT2D eigenvalue weighted by molar-refractivity contribution is 0.268. The van der Waals surface area contributed by atoms with Crippen LogP contribution in [0, 0.1) is 0 Å². The summed E-state index contributed by atoms with van der Waals surface area (Å²) in [4.78, 5) is 0. The second kappa shape index (κ2) is 4.82. The molecule has 1 atom stereocenters. The van der Waals surface area contributed by atoms with Gasteiger partial charge in [0.25, 0.3) is 0 Å². The van der Waals surface area contributed by atoms with Gasteiger partial charge in [0.2, 0.25) is 0 Å². The molecule has 1 unspecified atom stereocenters. The van der Waals surface area contributed by atoms with Crippen molar-refractivity contribution in [3.05, 3.63) is 33.8 Å². The van der Waals surface area contributed by atoms with E-state index in [1.54, 1.807) is 12.1 Å². The van der Waals surface area contributed by atoms with Crippen LogP contribution in [0.4, 0.5) is 0 Å². The quantitative estimate of drug-likeness (QED) is 0.818. The lowest BCUT2D eigenvalue weighted by Crippen LogP contribution is -2.16. The van der Waals surface area contributed by atoms with Gasteiger partial charge in [0.05, 0.1) is 16.7 Å². The summed E-state index contributed by atoms with van der Waals surface area (Å²) in [5.41, 5.74) is 6.28. The first-order valence-corrected chi connectivity index (χ1v) is 4.71. The van der Waals surface area contributed by atoms with E-state index in [-0.39, 0.29) is 12.5 Å². The molecule has 0 aliphatic rings. The van der Waals surface area contributed by atoms with Crippen LogP contribution >= 0.6 is 23.2 Å². The molecular weight excluding hydrogens is 209 g/mol. The molecule has 2 nitrogen and oxygen atoms in total. The molecule has 1 rings (SSSR count). The molecule has 0 spiro atoms. The van der Waals surface area contributed by atoms with Crippen LogP contribution in [-0.4, -0.2) is 18.3 Å². The fourth-order valence-electron chi connectivity index (χ4n) is 1.14.